The van der Waals surface area contributed by atoms with Gasteiger partial charge in [-0.3, -0.25) is 0 Å². The molecular formula is C17H27NO2. The fraction of sp³-hybridized carbons (Fsp3) is 0.647. The summed E-state index contributed by atoms with van der Waals surface area (Å²) >= 11 is 0. The average Bonchev–Trinajstić information content (AvgIpc) is 2.46. The number of hydrogen-bond donors (Lipinski definition) is 2. The minimum atomic E-state index is 0.197. The Morgan fingerprint density at radius 3 is 2.65 bits per heavy atom. The van der Waals surface area contributed by atoms with E-state index >= 15 is 0 Å². The summed E-state index contributed by atoms with van der Waals surface area (Å²) in [5.41, 5.74) is 1.59. The lowest BCUT2D eigenvalue weighted by Crippen LogP contribution is -2.34. The fourth-order valence-electron chi connectivity index (χ4n) is 3.06. The topological polar surface area (TPSA) is 41.5 Å². The van der Waals surface area contributed by atoms with Gasteiger partial charge in [0.2, 0.25) is 0 Å². The van der Waals surface area contributed by atoms with Crippen molar-refractivity contribution >= 4 is 0 Å². The average molecular weight is 277 g/mol. The molecule has 3 nitrogen and oxygen atoms in total. The van der Waals surface area contributed by atoms with Gasteiger partial charge in [-0.2, -0.15) is 0 Å². The number of phenols is 1. The number of phenolic OH excluding ortho intramolecular Hbond substituents is 1. The number of hydrogen-bond acceptors (Lipinski definition) is 3. The summed E-state index contributed by atoms with van der Waals surface area (Å²) in [5.74, 6) is 0.739. The van der Waals surface area contributed by atoms with Crippen molar-refractivity contribution in [2.75, 3.05) is 13.7 Å². The van der Waals surface area contributed by atoms with E-state index in [4.69, 9.17) is 4.74 Å². The van der Waals surface area contributed by atoms with Crippen LogP contribution in [0.25, 0.3) is 0 Å². The highest BCUT2D eigenvalue weighted by molar-refractivity contribution is 5.42. The Bertz CT molecular complexity index is 439. The second-order valence-corrected chi connectivity index (χ2v) is 6.41. The minimum Gasteiger partial charge on any atom is -0.504 e. The lowest BCUT2D eigenvalue weighted by atomic mass is 9.75. The van der Waals surface area contributed by atoms with Crippen molar-refractivity contribution in [3.05, 3.63) is 23.8 Å². The first-order valence-corrected chi connectivity index (χ1v) is 7.64. The van der Waals surface area contributed by atoms with Gasteiger partial charge in [-0.25, -0.2) is 0 Å². The summed E-state index contributed by atoms with van der Waals surface area (Å²) in [6, 6.07) is 5.84. The molecule has 0 heterocycles. The van der Waals surface area contributed by atoms with Gasteiger partial charge in [0.25, 0.3) is 0 Å². The highest BCUT2D eigenvalue weighted by Gasteiger charge is 2.27. The van der Waals surface area contributed by atoms with Gasteiger partial charge in [-0.05, 0) is 42.9 Å². The summed E-state index contributed by atoms with van der Waals surface area (Å²) in [6.07, 6.45) is 6.76. The molecule has 2 rings (SSSR count). The van der Waals surface area contributed by atoms with E-state index in [0.717, 1.165) is 12.1 Å². The van der Waals surface area contributed by atoms with E-state index in [1.54, 1.807) is 13.2 Å². The first-order valence-electron chi connectivity index (χ1n) is 7.64. The van der Waals surface area contributed by atoms with Crippen LogP contribution in [0, 0.1) is 5.41 Å². The Balaban J connectivity index is 1.95. The van der Waals surface area contributed by atoms with Crippen LogP contribution in [0.5, 0.6) is 11.5 Å². The molecule has 3 heteroatoms. The molecule has 1 saturated carbocycles. The molecule has 1 fully saturated rings. The predicted molar refractivity (Wildman–Crippen MR) is 82.3 cm³/mol. The number of rotatable bonds is 5. The van der Waals surface area contributed by atoms with Crippen LogP contribution >= 0.6 is 0 Å². The van der Waals surface area contributed by atoms with Gasteiger partial charge in [0.05, 0.1) is 7.11 Å². The van der Waals surface area contributed by atoms with E-state index in [0.29, 0.717) is 11.2 Å². The van der Waals surface area contributed by atoms with Gasteiger partial charge >= 0.3 is 0 Å². The number of methoxy groups -OCH3 is 1. The van der Waals surface area contributed by atoms with Gasteiger partial charge in [-0.15, -0.1) is 0 Å². The molecule has 1 aromatic rings. The highest BCUT2D eigenvalue weighted by Crippen LogP contribution is 2.36. The number of ether oxygens (including phenoxy) is 1. The molecule has 0 aromatic heterocycles. The van der Waals surface area contributed by atoms with Gasteiger partial charge in [0.1, 0.15) is 0 Å². The third-order valence-corrected chi connectivity index (χ3v) is 4.60. The highest BCUT2D eigenvalue weighted by atomic mass is 16.5. The van der Waals surface area contributed by atoms with E-state index in [-0.39, 0.29) is 11.8 Å². The van der Waals surface area contributed by atoms with Crippen molar-refractivity contribution in [1.29, 1.82) is 0 Å². The Morgan fingerprint density at radius 2 is 2.00 bits per heavy atom. The molecule has 1 atom stereocenters. The summed E-state index contributed by atoms with van der Waals surface area (Å²) < 4.78 is 5.17. The number of benzene rings is 1. The molecule has 1 aliphatic rings. The van der Waals surface area contributed by atoms with Crippen LogP contribution in [0.1, 0.15) is 57.6 Å². The van der Waals surface area contributed by atoms with E-state index in [1.165, 1.54) is 32.1 Å². The zero-order chi connectivity index (χ0) is 14.6. The molecule has 0 saturated heterocycles. The van der Waals surface area contributed by atoms with Crippen molar-refractivity contribution in [3.8, 4) is 11.5 Å². The second kappa shape index (κ2) is 6.49. The van der Waals surface area contributed by atoms with Crippen LogP contribution in [0.15, 0.2) is 18.2 Å². The Hall–Kier alpha value is -1.22. The van der Waals surface area contributed by atoms with Crippen molar-refractivity contribution in [1.82, 2.24) is 5.32 Å². The largest absolute Gasteiger partial charge is 0.504 e. The zero-order valence-corrected chi connectivity index (χ0v) is 12.9. The van der Waals surface area contributed by atoms with Gasteiger partial charge in [0, 0.05) is 12.6 Å². The molecule has 112 valence electrons. The van der Waals surface area contributed by atoms with Crippen LogP contribution in [0.3, 0.4) is 0 Å². The normalized spacial score (nSPS) is 19.6. The zero-order valence-electron chi connectivity index (χ0n) is 12.9. The monoisotopic (exact) mass is 277 g/mol. The van der Waals surface area contributed by atoms with Crippen LogP contribution in [0.2, 0.25) is 0 Å². The first-order chi connectivity index (χ1) is 9.54. The van der Waals surface area contributed by atoms with Gasteiger partial charge < -0.3 is 15.2 Å². The predicted octanol–water partition coefficient (Wildman–Crippen LogP) is 4.02. The molecule has 0 amide bonds. The molecule has 0 aliphatic heterocycles. The van der Waals surface area contributed by atoms with Crippen molar-refractivity contribution < 1.29 is 9.84 Å². The van der Waals surface area contributed by atoms with Crippen LogP contribution in [-0.4, -0.2) is 18.8 Å². The molecule has 20 heavy (non-hydrogen) atoms. The van der Waals surface area contributed by atoms with Crippen molar-refractivity contribution in [2.45, 2.75) is 52.0 Å². The first kappa shape index (κ1) is 15.2. The second-order valence-electron chi connectivity index (χ2n) is 6.41. The Morgan fingerprint density at radius 1 is 1.30 bits per heavy atom. The Labute approximate surface area is 122 Å². The van der Waals surface area contributed by atoms with Crippen LogP contribution in [-0.2, 0) is 0 Å². The van der Waals surface area contributed by atoms with Crippen molar-refractivity contribution in [2.24, 2.45) is 5.41 Å². The number of aromatic hydroxyl groups is 1. The van der Waals surface area contributed by atoms with Gasteiger partial charge in [0.15, 0.2) is 11.5 Å². The SMILES string of the molecule is COc1cc(C(C)NCC2(C)CCCCC2)ccc1O. The molecular weight excluding hydrogens is 250 g/mol. The van der Waals surface area contributed by atoms with Gasteiger partial charge in [-0.1, -0.05) is 32.3 Å². The maximum atomic E-state index is 9.65. The molecule has 0 bridgehead atoms. The maximum absolute atomic E-state index is 9.65. The molecule has 1 aliphatic carbocycles. The van der Waals surface area contributed by atoms with E-state index < -0.39 is 0 Å². The summed E-state index contributed by atoms with van der Waals surface area (Å²) in [4.78, 5) is 0. The third-order valence-electron chi connectivity index (χ3n) is 4.60. The summed E-state index contributed by atoms with van der Waals surface area (Å²) in [6.45, 7) is 5.61. The third kappa shape index (κ3) is 3.66. The Kier molecular flexibility index (Phi) is 4.92. The summed E-state index contributed by atoms with van der Waals surface area (Å²) in [5, 5.41) is 13.3. The lowest BCUT2D eigenvalue weighted by molar-refractivity contribution is 0.202. The quantitative estimate of drug-likeness (QED) is 0.854. The lowest BCUT2D eigenvalue weighted by Gasteiger charge is -2.35. The van der Waals surface area contributed by atoms with E-state index in [2.05, 4.69) is 19.2 Å². The van der Waals surface area contributed by atoms with Crippen LogP contribution < -0.4 is 10.1 Å². The molecule has 1 unspecified atom stereocenters. The van der Waals surface area contributed by atoms with E-state index in [1.807, 2.05) is 12.1 Å². The fourth-order valence-corrected chi connectivity index (χ4v) is 3.06. The number of nitrogens with one attached hydrogen (secondary N) is 1. The molecule has 0 radical (unpaired) electrons. The molecule has 0 spiro atoms. The minimum absolute atomic E-state index is 0.197. The standard InChI is InChI=1S/C17H27NO2/c1-13(14-7-8-15(19)16(11-14)20-3)18-12-17(2)9-5-4-6-10-17/h7-8,11,13,18-19H,4-6,9-10,12H2,1-3H3. The van der Waals surface area contributed by atoms with Crippen molar-refractivity contribution in [3.63, 3.8) is 0 Å². The molecule has 2 N–H and O–H groups in total. The van der Waals surface area contributed by atoms with Crippen LogP contribution in [0.4, 0.5) is 0 Å². The van der Waals surface area contributed by atoms with E-state index in [9.17, 15) is 5.11 Å². The maximum Gasteiger partial charge on any atom is 0.160 e. The molecule has 1 aromatic carbocycles. The smallest absolute Gasteiger partial charge is 0.160 e. The summed E-state index contributed by atoms with van der Waals surface area (Å²) in [7, 11) is 1.58.